The Kier molecular flexibility index (Phi) is 6.08. The van der Waals surface area contributed by atoms with Gasteiger partial charge in [-0.2, -0.15) is 0 Å². The van der Waals surface area contributed by atoms with E-state index in [2.05, 4.69) is 33.4 Å². The molecule has 0 aromatic heterocycles. The summed E-state index contributed by atoms with van der Waals surface area (Å²) in [6.45, 7) is 2.57. The molecule has 3 nitrogen and oxygen atoms in total. The van der Waals surface area contributed by atoms with Crippen LogP contribution >= 0.6 is 15.9 Å². The van der Waals surface area contributed by atoms with Gasteiger partial charge in [-0.15, -0.1) is 0 Å². The van der Waals surface area contributed by atoms with Gasteiger partial charge in [-0.25, -0.2) is 0 Å². The number of rotatable bonds is 6. The van der Waals surface area contributed by atoms with Crippen LogP contribution in [0.4, 0.5) is 5.69 Å². The molecule has 1 N–H and O–H groups in total. The fourth-order valence-electron chi connectivity index (χ4n) is 2.61. The molecule has 132 valence electrons. The maximum absolute atomic E-state index is 12.4. The number of aryl methyl sites for hydroxylation is 1. The van der Waals surface area contributed by atoms with Gasteiger partial charge < -0.3 is 10.1 Å². The number of ether oxygens (including phenoxy) is 1. The van der Waals surface area contributed by atoms with Gasteiger partial charge in [-0.05, 0) is 64.3 Å². The molecule has 26 heavy (non-hydrogen) atoms. The molecule has 1 amide bonds. The molecule has 0 spiro atoms. The maximum atomic E-state index is 12.4. The summed E-state index contributed by atoms with van der Waals surface area (Å²) in [5.41, 5.74) is 3.70. The highest BCUT2D eigenvalue weighted by molar-refractivity contribution is 9.10. The number of halogens is 1. The molecule has 0 heterocycles. The summed E-state index contributed by atoms with van der Waals surface area (Å²) in [6, 6.07) is 23.3. The van der Waals surface area contributed by atoms with E-state index in [1.807, 2.05) is 55.5 Å². The molecular formula is C22H20BrNO2. The average Bonchev–Trinajstić information content (AvgIpc) is 2.64. The Hall–Kier alpha value is -2.59. The van der Waals surface area contributed by atoms with E-state index in [1.165, 1.54) is 5.56 Å². The van der Waals surface area contributed by atoms with E-state index in [0.717, 1.165) is 27.9 Å². The lowest BCUT2D eigenvalue weighted by molar-refractivity contribution is 0.102. The summed E-state index contributed by atoms with van der Waals surface area (Å²) in [6.07, 6.45) is 0.836. The predicted octanol–water partition coefficient (Wildman–Crippen LogP) is 5.63. The second-order valence-electron chi connectivity index (χ2n) is 6.05. The highest BCUT2D eigenvalue weighted by atomic mass is 79.9. The van der Waals surface area contributed by atoms with Crippen LogP contribution in [0, 0.1) is 6.92 Å². The van der Waals surface area contributed by atoms with Crippen molar-refractivity contribution in [1.82, 2.24) is 0 Å². The molecule has 3 rings (SSSR count). The summed E-state index contributed by atoms with van der Waals surface area (Å²) in [7, 11) is 0. The maximum Gasteiger partial charge on any atom is 0.255 e. The van der Waals surface area contributed by atoms with Gasteiger partial charge in [0.2, 0.25) is 0 Å². The van der Waals surface area contributed by atoms with Crippen LogP contribution in [0.15, 0.2) is 77.3 Å². The van der Waals surface area contributed by atoms with Gasteiger partial charge >= 0.3 is 0 Å². The first-order valence-corrected chi connectivity index (χ1v) is 9.25. The largest absolute Gasteiger partial charge is 0.492 e. The van der Waals surface area contributed by atoms with E-state index in [4.69, 9.17) is 4.74 Å². The van der Waals surface area contributed by atoms with E-state index < -0.39 is 0 Å². The van der Waals surface area contributed by atoms with Crippen LogP contribution in [0.3, 0.4) is 0 Å². The van der Waals surface area contributed by atoms with Gasteiger partial charge in [0.1, 0.15) is 5.75 Å². The first-order chi connectivity index (χ1) is 12.6. The summed E-state index contributed by atoms with van der Waals surface area (Å²) in [4.78, 5) is 12.4. The van der Waals surface area contributed by atoms with Crippen molar-refractivity contribution in [3.05, 3.63) is 94.0 Å². The number of benzene rings is 3. The monoisotopic (exact) mass is 409 g/mol. The zero-order valence-corrected chi connectivity index (χ0v) is 16.1. The molecule has 0 radical (unpaired) electrons. The van der Waals surface area contributed by atoms with Crippen LogP contribution in [0.1, 0.15) is 21.5 Å². The summed E-state index contributed by atoms with van der Waals surface area (Å²) < 4.78 is 6.60. The number of carbonyl (C=O) groups is 1. The molecule has 0 unspecified atom stereocenters. The first-order valence-electron chi connectivity index (χ1n) is 8.46. The van der Waals surface area contributed by atoms with Crippen LogP contribution < -0.4 is 10.1 Å². The third-order valence-electron chi connectivity index (χ3n) is 3.96. The zero-order chi connectivity index (χ0) is 18.4. The van der Waals surface area contributed by atoms with Crippen molar-refractivity contribution in [2.75, 3.05) is 11.9 Å². The van der Waals surface area contributed by atoms with Gasteiger partial charge in [0.15, 0.2) is 0 Å². The second-order valence-corrected chi connectivity index (χ2v) is 6.91. The SMILES string of the molecule is Cc1cccc(NC(=O)c2ccc(OCCc3ccccc3)c(Br)c2)c1. The number of hydrogen-bond donors (Lipinski definition) is 1. The fourth-order valence-corrected chi connectivity index (χ4v) is 3.10. The Labute approximate surface area is 162 Å². The quantitative estimate of drug-likeness (QED) is 0.572. The summed E-state index contributed by atoms with van der Waals surface area (Å²) in [5.74, 6) is 0.583. The fraction of sp³-hybridized carbons (Fsp3) is 0.136. The van der Waals surface area contributed by atoms with E-state index in [-0.39, 0.29) is 5.91 Å². The van der Waals surface area contributed by atoms with Crippen molar-refractivity contribution in [3.8, 4) is 5.75 Å². The van der Waals surface area contributed by atoms with Crippen LogP contribution in [0.2, 0.25) is 0 Å². The normalized spacial score (nSPS) is 10.4. The molecule has 4 heteroatoms. The Bertz CT molecular complexity index is 894. The minimum atomic E-state index is -0.146. The number of hydrogen-bond acceptors (Lipinski definition) is 2. The van der Waals surface area contributed by atoms with E-state index >= 15 is 0 Å². The number of nitrogens with one attached hydrogen (secondary N) is 1. The lowest BCUT2D eigenvalue weighted by Crippen LogP contribution is -2.12. The third-order valence-corrected chi connectivity index (χ3v) is 4.58. The Morgan fingerprint density at radius 1 is 1.00 bits per heavy atom. The Morgan fingerprint density at radius 3 is 2.54 bits per heavy atom. The summed E-state index contributed by atoms with van der Waals surface area (Å²) in [5, 5.41) is 2.91. The molecule has 0 atom stereocenters. The second kappa shape index (κ2) is 8.68. The first kappa shape index (κ1) is 18.2. The molecule has 0 aliphatic heterocycles. The highest BCUT2D eigenvalue weighted by Crippen LogP contribution is 2.26. The zero-order valence-electron chi connectivity index (χ0n) is 14.5. The van der Waals surface area contributed by atoms with Crippen molar-refractivity contribution >= 4 is 27.5 Å². The molecule has 3 aromatic rings. The van der Waals surface area contributed by atoms with Crippen molar-refractivity contribution in [3.63, 3.8) is 0 Å². The van der Waals surface area contributed by atoms with Crippen molar-refractivity contribution in [2.45, 2.75) is 13.3 Å². The van der Waals surface area contributed by atoms with Gasteiger partial charge in [-0.1, -0.05) is 42.5 Å². The molecule has 3 aromatic carbocycles. The Morgan fingerprint density at radius 2 is 1.81 bits per heavy atom. The lowest BCUT2D eigenvalue weighted by atomic mass is 10.1. The topological polar surface area (TPSA) is 38.3 Å². The van der Waals surface area contributed by atoms with E-state index in [0.29, 0.717) is 12.2 Å². The molecular weight excluding hydrogens is 390 g/mol. The van der Waals surface area contributed by atoms with Crippen molar-refractivity contribution in [2.24, 2.45) is 0 Å². The third kappa shape index (κ3) is 4.96. The Balaban J connectivity index is 1.60. The molecule has 0 saturated heterocycles. The van der Waals surface area contributed by atoms with E-state index in [9.17, 15) is 4.79 Å². The van der Waals surface area contributed by atoms with Crippen LogP contribution in [-0.4, -0.2) is 12.5 Å². The molecule has 0 bridgehead atoms. The van der Waals surface area contributed by atoms with Gasteiger partial charge in [0.05, 0.1) is 11.1 Å². The molecule has 0 aliphatic carbocycles. The number of anilines is 1. The number of amides is 1. The lowest BCUT2D eigenvalue weighted by Gasteiger charge is -2.10. The predicted molar refractivity (Wildman–Crippen MR) is 109 cm³/mol. The summed E-state index contributed by atoms with van der Waals surface area (Å²) >= 11 is 3.49. The minimum absolute atomic E-state index is 0.146. The highest BCUT2D eigenvalue weighted by Gasteiger charge is 2.10. The van der Waals surface area contributed by atoms with Crippen LogP contribution in [0.5, 0.6) is 5.75 Å². The van der Waals surface area contributed by atoms with Crippen LogP contribution in [-0.2, 0) is 6.42 Å². The van der Waals surface area contributed by atoms with Gasteiger partial charge in [-0.3, -0.25) is 4.79 Å². The van der Waals surface area contributed by atoms with Gasteiger partial charge in [0.25, 0.3) is 5.91 Å². The van der Waals surface area contributed by atoms with Crippen molar-refractivity contribution in [1.29, 1.82) is 0 Å². The molecule has 0 saturated carbocycles. The molecule has 0 aliphatic rings. The average molecular weight is 410 g/mol. The molecule has 0 fully saturated rings. The van der Waals surface area contributed by atoms with E-state index in [1.54, 1.807) is 12.1 Å². The number of carbonyl (C=O) groups excluding carboxylic acids is 1. The van der Waals surface area contributed by atoms with Crippen molar-refractivity contribution < 1.29 is 9.53 Å². The smallest absolute Gasteiger partial charge is 0.255 e. The van der Waals surface area contributed by atoms with Crippen LogP contribution in [0.25, 0.3) is 0 Å². The van der Waals surface area contributed by atoms with Gasteiger partial charge in [0, 0.05) is 17.7 Å². The minimum Gasteiger partial charge on any atom is -0.492 e. The standard InChI is InChI=1S/C22H20BrNO2/c1-16-6-5-9-19(14-16)24-22(25)18-10-11-21(20(23)15-18)26-13-12-17-7-3-2-4-8-17/h2-11,14-15H,12-13H2,1H3,(H,24,25).